The van der Waals surface area contributed by atoms with E-state index in [1.54, 1.807) is 0 Å². The Morgan fingerprint density at radius 2 is 2.25 bits per heavy atom. The Morgan fingerprint density at radius 1 is 1.56 bits per heavy atom. The van der Waals surface area contributed by atoms with Gasteiger partial charge in [0, 0.05) is 5.41 Å². The number of thioether (sulfide) groups is 1. The molecule has 1 aliphatic rings. The van der Waals surface area contributed by atoms with Crippen LogP contribution < -0.4 is 0 Å². The average molecular weight is 241 g/mol. The molecule has 1 heterocycles. The SMILES string of the molecule is CC1(c2nc(SCC(=O)O)n[nH]2)CCCC1. The maximum Gasteiger partial charge on any atom is 0.313 e. The van der Waals surface area contributed by atoms with Gasteiger partial charge in [0.2, 0.25) is 5.16 Å². The van der Waals surface area contributed by atoms with Crippen molar-refractivity contribution in [3.8, 4) is 0 Å². The molecule has 1 saturated carbocycles. The summed E-state index contributed by atoms with van der Waals surface area (Å²) in [4.78, 5) is 14.8. The largest absolute Gasteiger partial charge is 0.481 e. The van der Waals surface area contributed by atoms with E-state index >= 15 is 0 Å². The van der Waals surface area contributed by atoms with Crippen molar-refractivity contribution in [3.05, 3.63) is 5.82 Å². The number of hydrogen-bond acceptors (Lipinski definition) is 4. The maximum absolute atomic E-state index is 10.4. The summed E-state index contributed by atoms with van der Waals surface area (Å²) in [6.07, 6.45) is 4.72. The monoisotopic (exact) mass is 241 g/mol. The number of aromatic nitrogens is 3. The third kappa shape index (κ3) is 2.37. The standard InChI is InChI=1S/C10H15N3O2S/c1-10(4-2-3-5-10)8-11-9(13-12-8)16-6-7(14)15/h2-6H2,1H3,(H,14,15)(H,11,12,13). The second-order valence-corrected chi connectivity index (χ2v) is 5.36. The Kier molecular flexibility index (Phi) is 3.18. The number of nitrogens with one attached hydrogen (secondary N) is 1. The molecule has 0 amide bonds. The second-order valence-electron chi connectivity index (χ2n) is 4.42. The predicted octanol–water partition coefficient (Wildman–Crippen LogP) is 1.81. The van der Waals surface area contributed by atoms with Crippen LogP contribution in [0, 0.1) is 0 Å². The number of carbonyl (C=O) groups is 1. The lowest BCUT2D eigenvalue weighted by atomic mass is 9.88. The second kappa shape index (κ2) is 4.45. The van der Waals surface area contributed by atoms with Crippen LogP contribution in [0.5, 0.6) is 0 Å². The van der Waals surface area contributed by atoms with Crippen LogP contribution in [0.3, 0.4) is 0 Å². The molecule has 88 valence electrons. The zero-order valence-electron chi connectivity index (χ0n) is 9.19. The molecule has 1 aromatic heterocycles. The van der Waals surface area contributed by atoms with Crippen LogP contribution in [-0.4, -0.2) is 32.0 Å². The lowest BCUT2D eigenvalue weighted by molar-refractivity contribution is -0.133. The van der Waals surface area contributed by atoms with Gasteiger partial charge in [-0.3, -0.25) is 9.89 Å². The third-order valence-corrected chi connectivity index (χ3v) is 3.90. The van der Waals surface area contributed by atoms with Crippen molar-refractivity contribution in [1.29, 1.82) is 0 Å². The molecule has 6 heteroatoms. The highest BCUT2D eigenvalue weighted by Gasteiger charge is 2.33. The van der Waals surface area contributed by atoms with Gasteiger partial charge < -0.3 is 5.11 Å². The van der Waals surface area contributed by atoms with E-state index in [1.165, 1.54) is 12.8 Å². The first-order valence-corrected chi connectivity index (χ1v) is 6.36. The molecule has 2 rings (SSSR count). The van der Waals surface area contributed by atoms with Crippen LogP contribution in [0.25, 0.3) is 0 Å². The highest BCUT2D eigenvalue weighted by Crippen LogP contribution is 2.39. The fourth-order valence-corrected chi connectivity index (χ4v) is 2.62. The minimum Gasteiger partial charge on any atom is -0.481 e. The van der Waals surface area contributed by atoms with Crippen molar-refractivity contribution in [1.82, 2.24) is 15.2 Å². The molecule has 1 aliphatic carbocycles. The number of H-pyrrole nitrogens is 1. The number of hydrogen-bond donors (Lipinski definition) is 2. The van der Waals surface area contributed by atoms with Crippen molar-refractivity contribution >= 4 is 17.7 Å². The van der Waals surface area contributed by atoms with E-state index in [9.17, 15) is 4.79 Å². The Balaban J connectivity index is 2.04. The molecule has 1 aromatic rings. The molecule has 0 bridgehead atoms. The van der Waals surface area contributed by atoms with Gasteiger partial charge in [0.1, 0.15) is 5.82 Å². The zero-order valence-corrected chi connectivity index (χ0v) is 10.0. The average Bonchev–Trinajstić information content (AvgIpc) is 2.84. The molecule has 2 N–H and O–H groups in total. The van der Waals surface area contributed by atoms with Crippen molar-refractivity contribution in [3.63, 3.8) is 0 Å². The molecule has 0 aliphatic heterocycles. The van der Waals surface area contributed by atoms with Crippen molar-refractivity contribution in [2.24, 2.45) is 0 Å². The molecular formula is C10H15N3O2S. The van der Waals surface area contributed by atoms with Crippen LogP contribution in [0.4, 0.5) is 0 Å². The number of nitrogens with zero attached hydrogens (tertiary/aromatic N) is 2. The normalized spacial score (nSPS) is 18.8. The smallest absolute Gasteiger partial charge is 0.313 e. The lowest BCUT2D eigenvalue weighted by Crippen LogP contribution is -2.18. The first-order chi connectivity index (χ1) is 7.60. The first-order valence-electron chi connectivity index (χ1n) is 5.38. The number of carboxylic acid groups (broad SMARTS) is 1. The molecule has 16 heavy (non-hydrogen) atoms. The van der Waals surface area contributed by atoms with Gasteiger partial charge in [-0.2, -0.15) is 0 Å². The van der Waals surface area contributed by atoms with Gasteiger partial charge in [-0.25, -0.2) is 4.98 Å². The van der Waals surface area contributed by atoms with Crippen LogP contribution in [0.1, 0.15) is 38.4 Å². The maximum atomic E-state index is 10.4. The van der Waals surface area contributed by atoms with Crippen molar-refractivity contribution < 1.29 is 9.90 Å². The summed E-state index contributed by atoms with van der Waals surface area (Å²) in [6, 6.07) is 0. The number of aliphatic carboxylic acids is 1. The zero-order chi connectivity index (χ0) is 11.6. The Labute approximate surface area is 98.0 Å². The van der Waals surface area contributed by atoms with E-state index in [2.05, 4.69) is 22.1 Å². The number of rotatable bonds is 4. The van der Waals surface area contributed by atoms with Gasteiger partial charge in [0.15, 0.2) is 0 Å². The first kappa shape index (κ1) is 11.4. The molecule has 0 aromatic carbocycles. The van der Waals surface area contributed by atoms with Gasteiger partial charge in [-0.05, 0) is 12.8 Å². The summed E-state index contributed by atoms with van der Waals surface area (Å²) in [7, 11) is 0. The summed E-state index contributed by atoms with van der Waals surface area (Å²) < 4.78 is 0. The fraction of sp³-hybridized carbons (Fsp3) is 0.700. The van der Waals surface area contributed by atoms with E-state index in [0.717, 1.165) is 30.4 Å². The van der Waals surface area contributed by atoms with Crippen LogP contribution in [0.15, 0.2) is 5.16 Å². The van der Waals surface area contributed by atoms with E-state index in [1.807, 2.05) is 0 Å². The van der Waals surface area contributed by atoms with E-state index < -0.39 is 5.97 Å². The molecular weight excluding hydrogens is 226 g/mol. The van der Waals surface area contributed by atoms with E-state index in [4.69, 9.17) is 5.11 Å². The third-order valence-electron chi connectivity index (χ3n) is 3.07. The summed E-state index contributed by atoms with van der Waals surface area (Å²) in [5.41, 5.74) is 0.106. The lowest BCUT2D eigenvalue weighted by Gasteiger charge is -2.19. The topological polar surface area (TPSA) is 78.9 Å². The summed E-state index contributed by atoms with van der Waals surface area (Å²) in [5.74, 6) is 0.0647. The van der Waals surface area contributed by atoms with E-state index in [-0.39, 0.29) is 11.2 Å². The molecule has 0 unspecified atom stereocenters. The Hall–Kier alpha value is -1.04. The highest BCUT2D eigenvalue weighted by atomic mass is 32.2. The van der Waals surface area contributed by atoms with Gasteiger partial charge in [0.05, 0.1) is 5.75 Å². The van der Waals surface area contributed by atoms with Gasteiger partial charge in [0.25, 0.3) is 0 Å². The molecule has 1 fully saturated rings. The number of aromatic amines is 1. The van der Waals surface area contributed by atoms with Crippen LogP contribution >= 0.6 is 11.8 Å². The van der Waals surface area contributed by atoms with Crippen LogP contribution in [-0.2, 0) is 10.2 Å². The van der Waals surface area contributed by atoms with Gasteiger partial charge >= 0.3 is 5.97 Å². The van der Waals surface area contributed by atoms with E-state index in [0.29, 0.717) is 5.16 Å². The summed E-state index contributed by atoms with van der Waals surface area (Å²) in [6.45, 7) is 2.19. The molecule has 5 nitrogen and oxygen atoms in total. The van der Waals surface area contributed by atoms with Crippen molar-refractivity contribution in [2.45, 2.75) is 43.2 Å². The molecule has 0 saturated heterocycles. The molecule has 0 radical (unpaired) electrons. The minimum absolute atomic E-state index is 0.00794. The van der Waals surface area contributed by atoms with Crippen LogP contribution in [0.2, 0.25) is 0 Å². The summed E-state index contributed by atoms with van der Waals surface area (Å²) in [5, 5.41) is 16.1. The molecule has 0 atom stereocenters. The van der Waals surface area contributed by atoms with Gasteiger partial charge in [-0.1, -0.05) is 31.5 Å². The fourth-order valence-electron chi connectivity index (χ4n) is 2.10. The highest BCUT2D eigenvalue weighted by molar-refractivity contribution is 7.99. The van der Waals surface area contributed by atoms with Crippen molar-refractivity contribution in [2.75, 3.05) is 5.75 Å². The number of carboxylic acids is 1. The van der Waals surface area contributed by atoms with Gasteiger partial charge in [-0.15, -0.1) is 5.10 Å². The quantitative estimate of drug-likeness (QED) is 0.786. The predicted molar refractivity (Wildman–Crippen MR) is 60.6 cm³/mol. The minimum atomic E-state index is -0.844. The summed E-state index contributed by atoms with van der Waals surface area (Å²) >= 11 is 1.15. The molecule has 0 spiro atoms. The Morgan fingerprint density at radius 3 is 2.88 bits per heavy atom. The Bertz CT molecular complexity index is 385.